The van der Waals surface area contributed by atoms with Gasteiger partial charge in [-0.25, -0.2) is 4.99 Å². The quantitative estimate of drug-likeness (QED) is 0.769. The Kier molecular flexibility index (Phi) is 3.44. The summed E-state index contributed by atoms with van der Waals surface area (Å²) in [6.45, 7) is 1.93. The topological polar surface area (TPSA) is 106 Å². The smallest absolute Gasteiger partial charge is 0.317 e. The third kappa shape index (κ3) is 1.30. The number of ether oxygens (including phenoxy) is 2. The van der Waals surface area contributed by atoms with Crippen molar-refractivity contribution < 1.29 is 14.5 Å². The molecule has 3 rings (SSSR count). The molecule has 1 aromatic carbocycles. The average molecular weight is 346 g/mol. The van der Waals surface area contributed by atoms with Crippen molar-refractivity contribution in [1.29, 1.82) is 10.5 Å². The van der Waals surface area contributed by atoms with E-state index in [9.17, 15) is 10.5 Å². The summed E-state index contributed by atoms with van der Waals surface area (Å²) in [5.41, 5.74) is 3.58. The average Bonchev–Trinajstić information content (AvgIpc) is 3.10. The molecule has 6 nitrogen and oxygen atoms in total. The fourth-order valence-electron chi connectivity index (χ4n) is 4.84. The number of halogens is 1. The lowest BCUT2D eigenvalue weighted by Gasteiger charge is -2.31. The largest absolute Gasteiger partial charge is 0.343 e. The van der Waals surface area contributed by atoms with E-state index in [-0.39, 0.29) is 5.84 Å². The van der Waals surface area contributed by atoms with Crippen molar-refractivity contribution >= 4 is 17.4 Å². The summed E-state index contributed by atoms with van der Waals surface area (Å²) < 4.78 is 11.1. The first kappa shape index (κ1) is 16.7. The van der Waals surface area contributed by atoms with E-state index in [0.29, 0.717) is 11.4 Å². The zero-order valence-electron chi connectivity index (χ0n) is 13.7. The standard InChI is InChI=1S/C17H17ClN4O2/c1-4-14(11-5-7-12(18)8-6-11)15(9-19)13(21)22-17(23-2,24-3)16(14,15)10-20/h5-8H,4H2,1-3H3,(H2,21,22)/p+1/t14-,15+,16-/m1/s1. The number of hydrogen-bond acceptors (Lipinski definition) is 5. The third-order valence-corrected chi connectivity index (χ3v) is 6.01. The Hall–Kier alpha value is -2.12. The fourth-order valence-corrected chi connectivity index (χ4v) is 4.96. The highest BCUT2D eigenvalue weighted by molar-refractivity contribution is 6.30. The van der Waals surface area contributed by atoms with Crippen molar-refractivity contribution in [2.45, 2.75) is 24.7 Å². The third-order valence-electron chi connectivity index (χ3n) is 5.75. The first-order valence-electron chi connectivity index (χ1n) is 7.53. The lowest BCUT2D eigenvalue weighted by atomic mass is 9.80. The van der Waals surface area contributed by atoms with Crippen LogP contribution in [0, 0.1) is 33.5 Å². The van der Waals surface area contributed by atoms with Crippen LogP contribution in [0.1, 0.15) is 18.9 Å². The van der Waals surface area contributed by atoms with Crippen LogP contribution in [0.5, 0.6) is 0 Å². The SMILES string of the molecule is CC[C@@]1(c2ccc(Cl)cc2)[C@]2(C#N)C(N)=[NH+]C(OC)(OC)[C@@]21C#N. The molecule has 1 heterocycles. The Labute approximate surface area is 145 Å². The van der Waals surface area contributed by atoms with Gasteiger partial charge in [0.2, 0.25) is 0 Å². The van der Waals surface area contributed by atoms with Gasteiger partial charge in [0.1, 0.15) is 0 Å². The van der Waals surface area contributed by atoms with Crippen LogP contribution in [0.15, 0.2) is 24.3 Å². The van der Waals surface area contributed by atoms with Crippen molar-refractivity contribution in [3.8, 4) is 12.1 Å². The van der Waals surface area contributed by atoms with Gasteiger partial charge in [-0.3, -0.25) is 5.73 Å². The molecule has 0 spiro atoms. The molecule has 2 aliphatic rings. The lowest BCUT2D eigenvalue weighted by molar-refractivity contribution is -0.689. The number of methoxy groups -OCH3 is 2. The second kappa shape index (κ2) is 4.94. The number of hydrogen-bond donors (Lipinski definition) is 2. The van der Waals surface area contributed by atoms with Crippen LogP contribution in [0.25, 0.3) is 0 Å². The Morgan fingerprint density at radius 3 is 2.17 bits per heavy atom. The van der Waals surface area contributed by atoms with Gasteiger partial charge in [0, 0.05) is 19.2 Å². The van der Waals surface area contributed by atoms with Gasteiger partial charge in [0.05, 0.1) is 17.6 Å². The maximum atomic E-state index is 10.2. The number of fused-ring (bicyclic) bond motifs is 1. The second-order valence-corrected chi connectivity index (χ2v) is 6.49. The molecule has 124 valence electrons. The number of rotatable bonds is 4. The summed E-state index contributed by atoms with van der Waals surface area (Å²) in [5, 5.41) is 20.8. The molecular weight excluding hydrogens is 328 g/mol. The van der Waals surface area contributed by atoms with Crippen LogP contribution in [-0.2, 0) is 14.9 Å². The second-order valence-electron chi connectivity index (χ2n) is 6.05. The minimum atomic E-state index is -1.50. The van der Waals surface area contributed by atoms with E-state index in [2.05, 4.69) is 17.1 Å². The molecular formula is C17H18ClN4O2+. The summed E-state index contributed by atoms with van der Waals surface area (Å²) in [7, 11) is 2.86. The molecule has 7 heteroatoms. The molecule has 0 bridgehead atoms. The monoisotopic (exact) mass is 345 g/mol. The molecule has 0 unspecified atom stereocenters. The summed E-state index contributed by atoms with van der Waals surface area (Å²) in [6, 6.07) is 11.7. The van der Waals surface area contributed by atoms with Crippen LogP contribution in [-0.4, -0.2) is 26.0 Å². The lowest BCUT2D eigenvalue weighted by Crippen LogP contribution is -2.91. The minimum Gasteiger partial charge on any atom is -0.317 e. The number of benzene rings is 1. The van der Waals surface area contributed by atoms with Crippen LogP contribution < -0.4 is 10.7 Å². The fraction of sp³-hybridized carbons (Fsp3) is 0.471. The van der Waals surface area contributed by atoms with Gasteiger partial charge in [-0.2, -0.15) is 10.5 Å². The molecule has 24 heavy (non-hydrogen) atoms. The predicted octanol–water partition coefficient (Wildman–Crippen LogP) is 0.419. The molecule has 0 radical (unpaired) electrons. The number of nitrogens with zero attached hydrogens (tertiary/aromatic N) is 2. The predicted molar refractivity (Wildman–Crippen MR) is 86.4 cm³/mol. The van der Waals surface area contributed by atoms with E-state index in [1.165, 1.54) is 14.2 Å². The molecule has 3 N–H and O–H groups in total. The molecule has 3 atom stereocenters. The minimum absolute atomic E-state index is 0.187. The Morgan fingerprint density at radius 2 is 1.75 bits per heavy atom. The first-order valence-corrected chi connectivity index (χ1v) is 7.91. The summed E-state index contributed by atoms with van der Waals surface area (Å²) in [4.78, 5) is 2.90. The van der Waals surface area contributed by atoms with Crippen LogP contribution in [0.4, 0.5) is 0 Å². The van der Waals surface area contributed by atoms with E-state index in [1.807, 2.05) is 19.1 Å². The van der Waals surface area contributed by atoms with Crippen LogP contribution in [0.3, 0.4) is 0 Å². The molecule has 1 fully saturated rings. The van der Waals surface area contributed by atoms with Crippen molar-refractivity contribution in [1.82, 2.24) is 0 Å². The van der Waals surface area contributed by atoms with E-state index >= 15 is 0 Å². The normalized spacial score (nSPS) is 35.5. The summed E-state index contributed by atoms with van der Waals surface area (Å²) >= 11 is 6.00. The van der Waals surface area contributed by atoms with Crippen LogP contribution >= 0.6 is 11.6 Å². The van der Waals surface area contributed by atoms with Gasteiger partial charge < -0.3 is 9.47 Å². The maximum absolute atomic E-state index is 10.2. The zero-order chi connectivity index (χ0) is 17.8. The molecule has 1 aliphatic heterocycles. The molecule has 0 saturated heterocycles. The van der Waals surface area contributed by atoms with Crippen LogP contribution in [0.2, 0.25) is 5.02 Å². The number of nitrogens with one attached hydrogen (secondary N) is 1. The van der Waals surface area contributed by atoms with Crippen molar-refractivity contribution in [3.63, 3.8) is 0 Å². The Bertz CT molecular complexity index is 805. The van der Waals surface area contributed by atoms with E-state index in [0.717, 1.165) is 5.56 Å². The van der Waals surface area contributed by atoms with Gasteiger partial charge in [-0.15, -0.1) is 0 Å². The van der Waals surface area contributed by atoms with Gasteiger partial charge in [-0.05, 0) is 24.1 Å². The van der Waals surface area contributed by atoms with Crippen molar-refractivity contribution in [2.75, 3.05) is 14.2 Å². The summed E-state index contributed by atoms with van der Waals surface area (Å²) in [5.74, 6) is -1.32. The van der Waals surface area contributed by atoms with E-state index in [4.69, 9.17) is 26.8 Å². The highest BCUT2D eigenvalue weighted by atomic mass is 35.5. The van der Waals surface area contributed by atoms with Crippen molar-refractivity contribution in [3.05, 3.63) is 34.9 Å². The molecule has 0 amide bonds. The molecule has 1 aliphatic carbocycles. The Balaban J connectivity index is 2.38. The number of nitriles is 2. The molecule has 1 saturated carbocycles. The van der Waals surface area contributed by atoms with Gasteiger partial charge in [-0.1, -0.05) is 30.7 Å². The van der Waals surface area contributed by atoms with E-state index in [1.54, 1.807) is 12.1 Å². The van der Waals surface area contributed by atoms with Gasteiger partial charge in [0.15, 0.2) is 10.8 Å². The highest BCUT2D eigenvalue weighted by Gasteiger charge is 3.03. The van der Waals surface area contributed by atoms with Gasteiger partial charge >= 0.3 is 5.91 Å². The zero-order valence-corrected chi connectivity index (χ0v) is 14.4. The number of amidine groups is 1. The highest BCUT2D eigenvalue weighted by Crippen LogP contribution is 2.83. The van der Waals surface area contributed by atoms with E-state index < -0.39 is 22.2 Å². The summed E-state index contributed by atoms with van der Waals surface area (Å²) in [6.07, 6.45) is 0.507. The van der Waals surface area contributed by atoms with Gasteiger partial charge in [0.25, 0.3) is 5.84 Å². The van der Waals surface area contributed by atoms with Crippen molar-refractivity contribution in [2.24, 2.45) is 16.6 Å². The first-order chi connectivity index (χ1) is 11.4. The number of nitrogens with two attached hydrogens (primary N) is 1. The molecule has 0 aromatic heterocycles. The molecule has 1 aromatic rings. The Morgan fingerprint density at radius 1 is 1.17 bits per heavy atom. The maximum Gasteiger partial charge on any atom is 0.343 e.